The molecule has 0 aliphatic carbocycles. The summed E-state index contributed by atoms with van der Waals surface area (Å²) in [4.78, 5) is 14.7. The SMILES string of the molecule is CCN(C(=O)c1ccc(OC)cc1)c1cccc2ccccc12. The van der Waals surface area contributed by atoms with E-state index in [1.54, 1.807) is 19.2 Å². The van der Waals surface area contributed by atoms with E-state index in [0.717, 1.165) is 22.2 Å². The second-order valence-corrected chi connectivity index (χ2v) is 5.28. The summed E-state index contributed by atoms with van der Waals surface area (Å²) in [6, 6.07) is 21.4. The Hall–Kier alpha value is -2.81. The number of methoxy groups -OCH3 is 1. The van der Waals surface area contributed by atoms with E-state index < -0.39 is 0 Å². The van der Waals surface area contributed by atoms with E-state index >= 15 is 0 Å². The number of rotatable bonds is 4. The van der Waals surface area contributed by atoms with Crippen LogP contribution in [0.15, 0.2) is 66.7 Å². The van der Waals surface area contributed by atoms with Gasteiger partial charge in [0.1, 0.15) is 5.75 Å². The Morgan fingerprint density at radius 2 is 1.65 bits per heavy atom. The maximum atomic E-state index is 12.9. The molecule has 0 bridgehead atoms. The van der Waals surface area contributed by atoms with Crippen molar-refractivity contribution in [2.24, 2.45) is 0 Å². The first-order valence-corrected chi connectivity index (χ1v) is 7.68. The van der Waals surface area contributed by atoms with Crippen LogP contribution in [-0.2, 0) is 0 Å². The zero-order chi connectivity index (χ0) is 16.2. The molecule has 23 heavy (non-hydrogen) atoms. The van der Waals surface area contributed by atoms with Gasteiger partial charge in [-0.05, 0) is 42.6 Å². The Bertz CT molecular complexity index is 819. The number of carbonyl (C=O) groups is 1. The van der Waals surface area contributed by atoms with Crippen LogP contribution < -0.4 is 9.64 Å². The highest BCUT2D eigenvalue weighted by Gasteiger charge is 2.17. The van der Waals surface area contributed by atoms with Crippen molar-refractivity contribution >= 4 is 22.4 Å². The molecule has 0 N–H and O–H groups in total. The number of fused-ring (bicyclic) bond motifs is 1. The zero-order valence-corrected chi connectivity index (χ0v) is 13.3. The molecule has 1 amide bonds. The summed E-state index contributed by atoms with van der Waals surface area (Å²) < 4.78 is 5.15. The van der Waals surface area contributed by atoms with Gasteiger partial charge in [-0.25, -0.2) is 0 Å². The number of amides is 1. The monoisotopic (exact) mass is 305 g/mol. The molecule has 0 heterocycles. The van der Waals surface area contributed by atoms with Gasteiger partial charge in [0.2, 0.25) is 0 Å². The highest BCUT2D eigenvalue weighted by Crippen LogP contribution is 2.28. The van der Waals surface area contributed by atoms with Crippen molar-refractivity contribution in [2.45, 2.75) is 6.92 Å². The average molecular weight is 305 g/mol. The second kappa shape index (κ2) is 6.53. The lowest BCUT2D eigenvalue weighted by molar-refractivity contribution is 0.0988. The molecule has 0 unspecified atom stereocenters. The van der Waals surface area contributed by atoms with Gasteiger partial charge in [0, 0.05) is 17.5 Å². The average Bonchev–Trinajstić information content (AvgIpc) is 2.62. The topological polar surface area (TPSA) is 29.5 Å². The van der Waals surface area contributed by atoms with Gasteiger partial charge in [0.05, 0.1) is 12.8 Å². The fraction of sp³-hybridized carbons (Fsp3) is 0.150. The van der Waals surface area contributed by atoms with Gasteiger partial charge in [0.25, 0.3) is 5.91 Å². The minimum atomic E-state index is -0.00786. The summed E-state index contributed by atoms with van der Waals surface area (Å²) in [6.07, 6.45) is 0. The van der Waals surface area contributed by atoms with E-state index in [0.29, 0.717) is 12.1 Å². The number of hydrogen-bond donors (Lipinski definition) is 0. The quantitative estimate of drug-likeness (QED) is 0.709. The molecular weight excluding hydrogens is 286 g/mol. The summed E-state index contributed by atoms with van der Waals surface area (Å²) >= 11 is 0. The van der Waals surface area contributed by atoms with Gasteiger partial charge in [-0.3, -0.25) is 4.79 Å². The van der Waals surface area contributed by atoms with Crippen LogP contribution in [0.25, 0.3) is 10.8 Å². The largest absolute Gasteiger partial charge is 0.497 e. The lowest BCUT2D eigenvalue weighted by atomic mass is 10.1. The third kappa shape index (κ3) is 2.90. The number of nitrogens with zero attached hydrogens (tertiary/aromatic N) is 1. The Morgan fingerprint density at radius 3 is 2.35 bits per heavy atom. The highest BCUT2D eigenvalue weighted by molar-refractivity contribution is 6.10. The van der Waals surface area contributed by atoms with Crippen LogP contribution in [-0.4, -0.2) is 19.6 Å². The molecule has 0 aliphatic heterocycles. The molecule has 0 fully saturated rings. The Balaban J connectivity index is 2.02. The fourth-order valence-electron chi connectivity index (χ4n) is 2.76. The van der Waals surface area contributed by atoms with Crippen LogP contribution in [0.4, 0.5) is 5.69 Å². The van der Waals surface area contributed by atoms with Crippen molar-refractivity contribution in [3.8, 4) is 5.75 Å². The normalized spacial score (nSPS) is 10.5. The lowest BCUT2D eigenvalue weighted by Crippen LogP contribution is -2.30. The summed E-state index contributed by atoms with van der Waals surface area (Å²) in [5.41, 5.74) is 1.59. The molecule has 3 rings (SSSR count). The molecule has 3 aromatic rings. The molecule has 0 radical (unpaired) electrons. The number of ether oxygens (including phenoxy) is 1. The Morgan fingerprint density at radius 1 is 0.957 bits per heavy atom. The summed E-state index contributed by atoms with van der Waals surface area (Å²) in [7, 11) is 1.62. The fourth-order valence-corrected chi connectivity index (χ4v) is 2.76. The molecule has 0 saturated carbocycles. The van der Waals surface area contributed by atoms with Gasteiger partial charge in [-0.2, -0.15) is 0 Å². The molecule has 0 saturated heterocycles. The summed E-state index contributed by atoms with van der Waals surface area (Å²) in [5.74, 6) is 0.737. The number of carbonyl (C=O) groups excluding carboxylic acids is 1. The maximum absolute atomic E-state index is 12.9. The third-order valence-electron chi connectivity index (χ3n) is 3.96. The van der Waals surface area contributed by atoms with Crippen molar-refractivity contribution in [3.63, 3.8) is 0 Å². The Kier molecular flexibility index (Phi) is 4.29. The lowest BCUT2D eigenvalue weighted by Gasteiger charge is -2.23. The van der Waals surface area contributed by atoms with Crippen LogP contribution >= 0.6 is 0 Å². The first kappa shape index (κ1) is 15.1. The van der Waals surface area contributed by atoms with E-state index in [1.165, 1.54) is 0 Å². The zero-order valence-electron chi connectivity index (χ0n) is 13.3. The number of benzene rings is 3. The van der Waals surface area contributed by atoms with E-state index in [9.17, 15) is 4.79 Å². The first-order chi connectivity index (χ1) is 11.2. The third-order valence-corrected chi connectivity index (χ3v) is 3.96. The van der Waals surface area contributed by atoms with E-state index in [-0.39, 0.29) is 5.91 Å². The van der Waals surface area contributed by atoms with Crippen LogP contribution in [0.5, 0.6) is 5.75 Å². The maximum Gasteiger partial charge on any atom is 0.258 e. The van der Waals surface area contributed by atoms with E-state index in [2.05, 4.69) is 18.2 Å². The van der Waals surface area contributed by atoms with Crippen molar-refractivity contribution in [1.82, 2.24) is 0 Å². The molecule has 3 aromatic carbocycles. The van der Waals surface area contributed by atoms with Gasteiger partial charge in [0.15, 0.2) is 0 Å². The van der Waals surface area contributed by atoms with Crippen LogP contribution in [0.2, 0.25) is 0 Å². The van der Waals surface area contributed by atoms with Crippen LogP contribution in [0.1, 0.15) is 17.3 Å². The van der Waals surface area contributed by atoms with Crippen LogP contribution in [0, 0.1) is 0 Å². The van der Waals surface area contributed by atoms with Crippen LogP contribution in [0.3, 0.4) is 0 Å². The number of hydrogen-bond acceptors (Lipinski definition) is 2. The molecule has 116 valence electrons. The molecule has 0 aromatic heterocycles. The van der Waals surface area contributed by atoms with Gasteiger partial charge < -0.3 is 9.64 Å². The predicted octanol–water partition coefficient (Wildman–Crippen LogP) is 4.52. The van der Waals surface area contributed by atoms with Gasteiger partial charge in [-0.1, -0.05) is 36.4 Å². The standard InChI is InChI=1S/C20H19NO2/c1-3-21(20(22)16-11-13-17(23-2)14-12-16)19-10-6-8-15-7-4-5-9-18(15)19/h4-14H,3H2,1-2H3. The molecule has 3 heteroatoms. The molecular formula is C20H19NO2. The van der Waals surface area contributed by atoms with Crippen molar-refractivity contribution in [2.75, 3.05) is 18.6 Å². The minimum Gasteiger partial charge on any atom is -0.497 e. The van der Waals surface area contributed by atoms with E-state index in [1.807, 2.05) is 48.2 Å². The Labute approximate surface area is 136 Å². The van der Waals surface area contributed by atoms with E-state index in [4.69, 9.17) is 4.74 Å². The predicted molar refractivity (Wildman–Crippen MR) is 94.3 cm³/mol. The molecule has 3 nitrogen and oxygen atoms in total. The smallest absolute Gasteiger partial charge is 0.258 e. The molecule has 0 aliphatic rings. The minimum absolute atomic E-state index is 0.00786. The van der Waals surface area contributed by atoms with Gasteiger partial charge >= 0.3 is 0 Å². The number of anilines is 1. The van der Waals surface area contributed by atoms with Gasteiger partial charge in [-0.15, -0.1) is 0 Å². The summed E-state index contributed by atoms with van der Waals surface area (Å²) in [6.45, 7) is 2.60. The second-order valence-electron chi connectivity index (χ2n) is 5.28. The van der Waals surface area contributed by atoms with Crippen molar-refractivity contribution < 1.29 is 9.53 Å². The molecule has 0 spiro atoms. The molecule has 0 atom stereocenters. The van der Waals surface area contributed by atoms with Crippen molar-refractivity contribution in [3.05, 3.63) is 72.3 Å². The summed E-state index contributed by atoms with van der Waals surface area (Å²) in [5, 5.41) is 2.21. The highest BCUT2D eigenvalue weighted by atomic mass is 16.5. The van der Waals surface area contributed by atoms with Crippen molar-refractivity contribution in [1.29, 1.82) is 0 Å². The first-order valence-electron chi connectivity index (χ1n) is 7.68.